The molecule has 6 nitrogen and oxygen atoms in total. The largest absolute Gasteiger partial charge is 0.464 e. The minimum absolute atomic E-state index is 0.0832. The summed E-state index contributed by atoms with van der Waals surface area (Å²) in [5, 5.41) is 11.2. The van der Waals surface area contributed by atoms with Gasteiger partial charge in [-0.25, -0.2) is 8.42 Å². The molecular weight excluding hydrogens is 302 g/mol. The lowest BCUT2D eigenvalue weighted by atomic mass is 10.2. The van der Waals surface area contributed by atoms with E-state index in [1.165, 1.54) is 13.0 Å². The molecule has 0 saturated heterocycles. The second-order valence-electron chi connectivity index (χ2n) is 4.80. The Kier molecular flexibility index (Phi) is 6.12. The fraction of sp³-hybridized carbons (Fsp3) is 0.583. The first kappa shape index (κ1) is 17.1. The molecule has 114 valence electrons. The highest BCUT2D eigenvalue weighted by molar-refractivity contribution is 7.91. The summed E-state index contributed by atoms with van der Waals surface area (Å²) in [7, 11) is -3.84. The highest BCUT2D eigenvalue weighted by atomic mass is 32.2. The molecule has 1 heterocycles. The van der Waals surface area contributed by atoms with Crippen molar-refractivity contribution < 1.29 is 23.1 Å². The Morgan fingerprint density at radius 2 is 2.10 bits per heavy atom. The fourth-order valence-electron chi connectivity index (χ4n) is 1.32. The van der Waals surface area contributed by atoms with E-state index in [4.69, 9.17) is 4.74 Å². The Morgan fingerprint density at radius 3 is 2.55 bits per heavy atom. The summed E-state index contributed by atoms with van der Waals surface area (Å²) in [5.74, 6) is -0.656. The van der Waals surface area contributed by atoms with Crippen LogP contribution < -0.4 is 4.72 Å². The molecule has 0 saturated carbocycles. The van der Waals surface area contributed by atoms with Crippen molar-refractivity contribution in [3.8, 4) is 0 Å². The Bertz CT molecular complexity index is 522. The topological polar surface area (TPSA) is 92.7 Å². The molecular formula is C12H19NO5S2. The Labute approximate surface area is 122 Å². The van der Waals surface area contributed by atoms with Crippen LogP contribution in [-0.4, -0.2) is 38.2 Å². The summed E-state index contributed by atoms with van der Waals surface area (Å²) in [5.41, 5.74) is 0. The number of rotatable bonds is 7. The van der Waals surface area contributed by atoms with Crippen LogP contribution in [0.2, 0.25) is 0 Å². The van der Waals surface area contributed by atoms with Gasteiger partial charge in [0.05, 0.1) is 12.7 Å². The van der Waals surface area contributed by atoms with E-state index in [1.807, 2.05) is 13.8 Å². The molecule has 0 aliphatic heterocycles. The van der Waals surface area contributed by atoms with Crippen LogP contribution in [-0.2, 0) is 19.6 Å². The first-order chi connectivity index (χ1) is 9.24. The molecule has 20 heavy (non-hydrogen) atoms. The van der Waals surface area contributed by atoms with Gasteiger partial charge in [0, 0.05) is 0 Å². The van der Waals surface area contributed by atoms with Crippen molar-refractivity contribution in [2.24, 2.45) is 5.92 Å². The van der Waals surface area contributed by atoms with Gasteiger partial charge in [-0.2, -0.15) is 4.72 Å². The molecule has 0 aliphatic rings. The van der Waals surface area contributed by atoms with Gasteiger partial charge in [-0.15, -0.1) is 11.3 Å². The highest BCUT2D eigenvalue weighted by Gasteiger charge is 2.31. The molecule has 2 N–H and O–H groups in total. The molecule has 0 unspecified atom stereocenters. The quantitative estimate of drug-likeness (QED) is 0.730. The second kappa shape index (κ2) is 7.16. The van der Waals surface area contributed by atoms with E-state index in [0.717, 1.165) is 11.3 Å². The van der Waals surface area contributed by atoms with Gasteiger partial charge < -0.3 is 9.84 Å². The number of aliphatic hydroxyl groups is 1. The minimum atomic E-state index is -3.84. The van der Waals surface area contributed by atoms with Crippen molar-refractivity contribution in [2.75, 3.05) is 6.61 Å². The molecule has 0 radical (unpaired) electrons. The van der Waals surface area contributed by atoms with E-state index in [1.54, 1.807) is 11.4 Å². The lowest BCUT2D eigenvalue weighted by Gasteiger charge is -2.20. The molecule has 1 aromatic heterocycles. The maximum absolute atomic E-state index is 12.0. The summed E-state index contributed by atoms with van der Waals surface area (Å²) in [6.07, 6.45) is -1.19. The fourth-order valence-corrected chi connectivity index (χ4v) is 3.59. The van der Waals surface area contributed by atoms with E-state index in [2.05, 4.69) is 4.72 Å². The smallest absolute Gasteiger partial charge is 0.326 e. The van der Waals surface area contributed by atoms with Crippen LogP contribution in [0.15, 0.2) is 21.7 Å². The molecule has 2 atom stereocenters. The summed E-state index contributed by atoms with van der Waals surface area (Å²) in [6.45, 7) is 5.22. The first-order valence-corrected chi connectivity index (χ1v) is 8.51. The van der Waals surface area contributed by atoms with Crippen LogP contribution in [0.5, 0.6) is 0 Å². The first-order valence-electron chi connectivity index (χ1n) is 6.14. The SMILES string of the molecule is CC(C)COC(=O)[C@H](NS(=O)(=O)c1cccs1)[C@H](C)O. The monoisotopic (exact) mass is 321 g/mol. The van der Waals surface area contributed by atoms with Crippen LogP contribution in [0.25, 0.3) is 0 Å². The maximum atomic E-state index is 12.0. The Hall–Kier alpha value is -0.960. The number of carbonyl (C=O) groups is 1. The Balaban J connectivity index is 2.80. The average molecular weight is 321 g/mol. The second-order valence-corrected chi connectivity index (χ2v) is 7.68. The molecule has 0 aliphatic carbocycles. The van der Waals surface area contributed by atoms with Crippen LogP contribution >= 0.6 is 11.3 Å². The summed E-state index contributed by atoms with van der Waals surface area (Å²) < 4.78 is 31.3. The van der Waals surface area contributed by atoms with Gasteiger partial charge in [0.25, 0.3) is 10.0 Å². The molecule has 0 fully saturated rings. The normalized spacial score (nSPS) is 15.1. The van der Waals surface area contributed by atoms with Gasteiger partial charge in [-0.05, 0) is 24.3 Å². The number of hydrogen-bond donors (Lipinski definition) is 2. The lowest BCUT2D eigenvalue weighted by molar-refractivity contribution is -0.149. The van der Waals surface area contributed by atoms with Crippen LogP contribution in [0, 0.1) is 5.92 Å². The highest BCUT2D eigenvalue weighted by Crippen LogP contribution is 2.16. The van der Waals surface area contributed by atoms with Crippen LogP contribution in [0.1, 0.15) is 20.8 Å². The molecule has 0 spiro atoms. The lowest BCUT2D eigenvalue weighted by Crippen LogP contribution is -2.48. The summed E-state index contributed by atoms with van der Waals surface area (Å²) >= 11 is 1.03. The van der Waals surface area contributed by atoms with E-state index in [0.29, 0.717) is 0 Å². The van der Waals surface area contributed by atoms with Gasteiger partial charge in [-0.3, -0.25) is 4.79 Å². The number of thiophene rings is 1. The van der Waals surface area contributed by atoms with E-state index < -0.39 is 28.1 Å². The van der Waals surface area contributed by atoms with Crippen LogP contribution in [0.4, 0.5) is 0 Å². The van der Waals surface area contributed by atoms with E-state index in [9.17, 15) is 18.3 Å². The van der Waals surface area contributed by atoms with Gasteiger partial charge in [0.15, 0.2) is 0 Å². The number of ether oxygens (including phenoxy) is 1. The maximum Gasteiger partial charge on any atom is 0.326 e. The summed E-state index contributed by atoms with van der Waals surface area (Å²) in [4.78, 5) is 11.8. The predicted molar refractivity (Wildman–Crippen MR) is 75.9 cm³/mol. The average Bonchev–Trinajstić information content (AvgIpc) is 2.87. The van der Waals surface area contributed by atoms with Crippen LogP contribution in [0.3, 0.4) is 0 Å². The number of hydrogen-bond acceptors (Lipinski definition) is 6. The van der Waals surface area contributed by atoms with E-state index in [-0.39, 0.29) is 16.7 Å². The molecule has 0 amide bonds. The number of carbonyl (C=O) groups excluding carboxylic acids is 1. The third-order valence-electron chi connectivity index (χ3n) is 2.34. The molecule has 8 heteroatoms. The summed E-state index contributed by atoms with van der Waals surface area (Å²) in [6, 6.07) is 1.69. The zero-order valence-corrected chi connectivity index (χ0v) is 13.2. The standard InChI is InChI=1S/C12H19NO5S2/c1-8(2)7-18-12(15)11(9(3)14)13-20(16,17)10-5-4-6-19-10/h4-6,8-9,11,13-14H,7H2,1-3H3/t9-,11+/m0/s1. The number of nitrogens with one attached hydrogen (secondary N) is 1. The molecule has 0 aromatic carbocycles. The number of aliphatic hydroxyl groups excluding tert-OH is 1. The number of esters is 1. The zero-order chi connectivity index (χ0) is 15.3. The molecule has 1 rings (SSSR count). The third kappa shape index (κ3) is 4.86. The van der Waals surface area contributed by atoms with E-state index >= 15 is 0 Å². The van der Waals surface area contributed by atoms with Gasteiger partial charge in [-0.1, -0.05) is 19.9 Å². The van der Waals surface area contributed by atoms with Crippen molar-refractivity contribution in [1.29, 1.82) is 0 Å². The van der Waals surface area contributed by atoms with Crippen molar-refractivity contribution in [1.82, 2.24) is 4.72 Å². The predicted octanol–water partition coefficient (Wildman–Crippen LogP) is 0.975. The van der Waals surface area contributed by atoms with Crippen molar-refractivity contribution in [3.63, 3.8) is 0 Å². The van der Waals surface area contributed by atoms with Gasteiger partial charge >= 0.3 is 5.97 Å². The Morgan fingerprint density at radius 1 is 1.45 bits per heavy atom. The van der Waals surface area contributed by atoms with Gasteiger partial charge in [0.1, 0.15) is 10.3 Å². The minimum Gasteiger partial charge on any atom is -0.464 e. The van der Waals surface area contributed by atoms with Crippen molar-refractivity contribution >= 4 is 27.3 Å². The van der Waals surface area contributed by atoms with Crippen molar-refractivity contribution in [2.45, 2.75) is 37.1 Å². The third-order valence-corrected chi connectivity index (χ3v) is 5.18. The molecule has 0 bridgehead atoms. The van der Waals surface area contributed by atoms with Gasteiger partial charge in [0.2, 0.25) is 0 Å². The molecule has 1 aromatic rings. The van der Waals surface area contributed by atoms with Crippen molar-refractivity contribution in [3.05, 3.63) is 17.5 Å². The number of sulfonamides is 1. The zero-order valence-electron chi connectivity index (χ0n) is 11.6.